The maximum atomic E-state index is 13.1. The van der Waals surface area contributed by atoms with Crippen molar-refractivity contribution in [2.45, 2.75) is 32.6 Å². The highest BCUT2D eigenvalue weighted by atomic mass is 32.2. The molecule has 0 radical (unpaired) electrons. The van der Waals surface area contributed by atoms with Crippen LogP contribution in [0.5, 0.6) is 0 Å². The number of hydrogen-bond donors (Lipinski definition) is 0. The van der Waals surface area contributed by atoms with Gasteiger partial charge in [-0.15, -0.1) is 0 Å². The fourth-order valence-corrected chi connectivity index (χ4v) is 6.64. The second-order valence-corrected chi connectivity index (χ2v) is 10.3. The smallest absolute Gasteiger partial charge is 0.248 e. The first-order valence-electron chi connectivity index (χ1n) is 10.3. The maximum Gasteiger partial charge on any atom is 0.248 e. The molecule has 0 spiro atoms. The molecule has 0 saturated carbocycles. The topological polar surface area (TPSA) is 110 Å². The van der Waals surface area contributed by atoms with Gasteiger partial charge in [-0.05, 0) is 45.6 Å². The number of nitrogens with zero attached hydrogens (tertiary/aromatic N) is 7. The van der Waals surface area contributed by atoms with Crippen molar-refractivity contribution < 1.29 is 12.9 Å². The van der Waals surface area contributed by atoms with E-state index < -0.39 is 10.0 Å². The lowest BCUT2D eigenvalue weighted by Crippen LogP contribution is -2.34. The summed E-state index contributed by atoms with van der Waals surface area (Å²) in [5.74, 6) is 2.42. The summed E-state index contributed by atoms with van der Waals surface area (Å²) in [7, 11) is -3.60. The lowest BCUT2D eigenvalue weighted by atomic mass is 10.0. The van der Waals surface area contributed by atoms with Crippen LogP contribution in [-0.4, -0.2) is 63.8 Å². The third-order valence-electron chi connectivity index (χ3n) is 6.21. The predicted molar refractivity (Wildman–Crippen MR) is 113 cm³/mol. The Labute approximate surface area is 180 Å². The Morgan fingerprint density at radius 3 is 2.23 bits per heavy atom. The first kappa shape index (κ1) is 20.1. The molecular weight excluding hydrogens is 418 g/mol. The van der Waals surface area contributed by atoms with E-state index in [1.54, 1.807) is 24.5 Å². The van der Waals surface area contributed by atoms with Gasteiger partial charge >= 0.3 is 0 Å². The largest absolute Gasteiger partial charge is 0.360 e. The van der Waals surface area contributed by atoms with Gasteiger partial charge in [0.1, 0.15) is 22.7 Å². The molecule has 0 bridgehead atoms. The summed E-state index contributed by atoms with van der Waals surface area (Å²) in [6.07, 6.45) is 1.56. The zero-order valence-electron chi connectivity index (χ0n) is 18.0. The lowest BCUT2D eigenvalue weighted by Gasteiger charge is -2.22. The molecule has 0 aromatic carbocycles. The third-order valence-corrected chi connectivity index (χ3v) is 8.28. The van der Waals surface area contributed by atoms with Crippen LogP contribution in [0.15, 0.2) is 27.9 Å². The summed E-state index contributed by atoms with van der Waals surface area (Å²) in [4.78, 5) is 11.3. The molecule has 164 valence electrons. The van der Waals surface area contributed by atoms with Gasteiger partial charge in [-0.25, -0.2) is 23.1 Å². The number of hydrogen-bond acceptors (Lipinski definition) is 8. The minimum Gasteiger partial charge on any atom is -0.360 e. The molecule has 3 aromatic rings. The van der Waals surface area contributed by atoms with Crippen molar-refractivity contribution in [1.29, 1.82) is 0 Å². The van der Waals surface area contributed by atoms with Crippen molar-refractivity contribution in [2.24, 2.45) is 11.8 Å². The molecule has 11 heteroatoms. The summed E-state index contributed by atoms with van der Waals surface area (Å²) in [5, 5.41) is 8.31. The Bertz CT molecular complexity index is 1220. The first-order valence-corrected chi connectivity index (χ1v) is 11.7. The Morgan fingerprint density at radius 2 is 1.65 bits per heavy atom. The Kier molecular flexibility index (Phi) is 4.63. The molecule has 0 amide bonds. The number of aromatic nitrogens is 5. The van der Waals surface area contributed by atoms with E-state index in [0.29, 0.717) is 24.5 Å². The monoisotopic (exact) mass is 443 g/mol. The van der Waals surface area contributed by atoms with Crippen molar-refractivity contribution >= 4 is 15.8 Å². The van der Waals surface area contributed by atoms with Crippen LogP contribution in [0.3, 0.4) is 0 Å². The molecule has 31 heavy (non-hydrogen) atoms. The van der Waals surface area contributed by atoms with Crippen LogP contribution in [0.1, 0.15) is 22.8 Å². The van der Waals surface area contributed by atoms with E-state index in [0.717, 1.165) is 36.1 Å². The highest BCUT2D eigenvalue weighted by Gasteiger charge is 2.45. The molecule has 3 aromatic heterocycles. The molecule has 0 aliphatic carbocycles. The summed E-state index contributed by atoms with van der Waals surface area (Å²) >= 11 is 0. The molecule has 2 atom stereocenters. The highest BCUT2D eigenvalue weighted by molar-refractivity contribution is 7.89. The van der Waals surface area contributed by atoms with Gasteiger partial charge in [0, 0.05) is 37.9 Å². The molecule has 2 unspecified atom stereocenters. The summed E-state index contributed by atoms with van der Waals surface area (Å²) < 4.78 is 34.7. The molecule has 10 nitrogen and oxygen atoms in total. The van der Waals surface area contributed by atoms with Gasteiger partial charge in [-0.2, -0.15) is 9.40 Å². The van der Waals surface area contributed by atoms with E-state index in [2.05, 4.69) is 25.1 Å². The van der Waals surface area contributed by atoms with Gasteiger partial charge in [-0.1, -0.05) is 5.16 Å². The van der Waals surface area contributed by atoms with Crippen molar-refractivity contribution in [3.8, 4) is 5.82 Å². The average molecular weight is 444 g/mol. The Balaban J connectivity index is 1.33. The van der Waals surface area contributed by atoms with Gasteiger partial charge in [0.25, 0.3) is 0 Å². The van der Waals surface area contributed by atoms with E-state index in [-0.39, 0.29) is 16.7 Å². The molecule has 2 saturated heterocycles. The number of rotatable bonds is 4. The number of aryl methyl sites for hydroxylation is 4. The third kappa shape index (κ3) is 3.32. The van der Waals surface area contributed by atoms with E-state index in [1.807, 2.05) is 30.7 Å². The normalized spacial score (nSPS) is 21.7. The zero-order chi connectivity index (χ0) is 21.9. The van der Waals surface area contributed by atoms with Crippen LogP contribution in [-0.2, 0) is 10.0 Å². The van der Waals surface area contributed by atoms with E-state index in [1.165, 1.54) is 0 Å². The van der Waals surface area contributed by atoms with Crippen LogP contribution >= 0.6 is 0 Å². The van der Waals surface area contributed by atoms with E-state index >= 15 is 0 Å². The van der Waals surface area contributed by atoms with Crippen molar-refractivity contribution in [2.75, 3.05) is 31.1 Å². The first-order chi connectivity index (χ1) is 14.7. The molecule has 2 aliphatic rings. The van der Waals surface area contributed by atoms with Gasteiger partial charge in [-0.3, -0.25) is 0 Å². The fraction of sp³-hybridized carbons (Fsp3) is 0.500. The predicted octanol–water partition coefficient (Wildman–Crippen LogP) is 1.64. The molecular formula is C20H25N7O3S. The van der Waals surface area contributed by atoms with Crippen LogP contribution in [0.2, 0.25) is 0 Å². The summed E-state index contributed by atoms with van der Waals surface area (Å²) in [5.41, 5.74) is 2.36. The van der Waals surface area contributed by atoms with Crippen molar-refractivity contribution in [3.05, 3.63) is 41.3 Å². The second kappa shape index (κ2) is 7.13. The summed E-state index contributed by atoms with van der Waals surface area (Å²) in [6, 6.07) is 3.95. The second-order valence-electron chi connectivity index (χ2n) is 8.47. The molecule has 2 aliphatic heterocycles. The van der Waals surface area contributed by atoms with Crippen molar-refractivity contribution in [1.82, 2.24) is 29.2 Å². The van der Waals surface area contributed by atoms with Gasteiger partial charge in [0.2, 0.25) is 10.0 Å². The van der Waals surface area contributed by atoms with Crippen molar-refractivity contribution in [3.63, 3.8) is 0 Å². The number of sulfonamides is 1. The van der Waals surface area contributed by atoms with Crippen LogP contribution in [0.25, 0.3) is 5.82 Å². The van der Waals surface area contributed by atoms with Gasteiger partial charge in [0.05, 0.1) is 5.69 Å². The number of anilines is 1. The molecule has 2 fully saturated rings. The minimum atomic E-state index is -3.60. The van der Waals surface area contributed by atoms with Crippen LogP contribution in [0, 0.1) is 39.5 Å². The summed E-state index contributed by atoms with van der Waals surface area (Å²) in [6.45, 7) is 9.74. The van der Waals surface area contributed by atoms with Crippen LogP contribution < -0.4 is 4.90 Å². The maximum absolute atomic E-state index is 13.1. The SMILES string of the molecule is Cc1cc(C)n(-c2cc(N3CC4CN(S(=O)(=O)c5c(C)noc5C)CC4C3)ncn2)n1. The fourth-order valence-electron chi connectivity index (χ4n) is 4.79. The molecule has 5 heterocycles. The van der Waals surface area contributed by atoms with Gasteiger partial charge in [0.15, 0.2) is 11.6 Å². The standard InChI is InChI=1S/C20H25N7O3S/c1-12-5-13(2)27(23-12)19-6-18(21-11-22-19)25-7-16-9-26(10-17(16)8-25)31(28,29)20-14(3)24-30-15(20)4/h5-6,11,16-17H,7-10H2,1-4H3. The Morgan fingerprint density at radius 1 is 0.968 bits per heavy atom. The Hall–Kier alpha value is -2.79. The quantitative estimate of drug-likeness (QED) is 0.598. The molecule has 0 N–H and O–H groups in total. The van der Waals surface area contributed by atoms with E-state index in [4.69, 9.17) is 4.52 Å². The van der Waals surface area contributed by atoms with Crippen LogP contribution in [0.4, 0.5) is 5.82 Å². The highest BCUT2D eigenvalue weighted by Crippen LogP contribution is 2.37. The van der Waals surface area contributed by atoms with Gasteiger partial charge < -0.3 is 9.42 Å². The minimum absolute atomic E-state index is 0.203. The molecule has 5 rings (SSSR count). The van der Waals surface area contributed by atoms with E-state index in [9.17, 15) is 8.42 Å². The number of fused-ring (bicyclic) bond motifs is 1. The average Bonchev–Trinajstić information content (AvgIpc) is 3.45. The zero-order valence-corrected chi connectivity index (χ0v) is 18.8. The lowest BCUT2D eigenvalue weighted by molar-refractivity contribution is 0.389.